The first-order valence-electron chi connectivity index (χ1n) is 8.40. The van der Waals surface area contributed by atoms with Gasteiger partial charge in [0.2, 0.25) is 5.91 Å². The predicted octanol–water partition coefficient (Wildman–Crippen LogP) is 3.28. The number of anilines is 1. The van der Waals surface area contributed by atoms with E-state index in [9.17, 15) is 14.4 Å². The maximum Gasteiger partial charge on any atom is 0.325 e. The van der Waals surface area contributed by atoms with Crippen molar-refractivity contribution in [2.45, 2.75) is 32.2 Å². The van der Waals surface area contributed by atoms with Gasteiger partial charge in [0, 0.05) is 10.6 Å². The molecular formula is C19H21N3O3S. The number of rotatable bonds is 5. The number of nitrogens with zero attached hydrogens (tertiary/aromatic N) is 1. The zero-order valence-electron chi connectivity index (χ0n) is 14.9. The molecule has 3 rings (SSSR count). The molecule has 1 aliphatic heterocycles. The summed E-state index contributed by atoms with van der Waals surface area (Å²) >= 11 is 1.39. The summed E-state index contributed by atoms with van der Waals surface area (Å²) in [5, 5.41) is 7.36. The molecule has 1 aromatic heterocycles. The zero-order valence-corrected chi connectivity index (χ0v) is 15.7. The lowest BCUT2D eigenvalue weighted by Crippen LogP contribution is -2.41. The summed E-state index contributed by atoms with van der Waals surface area (Å²) < 4.78 is 0. The average molecular weight is 371 g/mol. The summed E-state index contributed by atoms with van der Waals surface area (Å²) in [7, 11) is 0. The Morgan fingerprint density at radius 3 is 2.62 bits per heavy atom. The van der Waals surface area contributed by atoms with Gasteiger partial charge in [-0.15, -0.1) is 11.3 Å². The summed E-state index contributed by atoms with van der Waals surface area (Å²) in [6.07, 6.45) is 0. The summed E-state index contributed by atoms with van der Waals surface area (Å²) in [6.45, 7) is 5.41. The van der Waals surface area contributed by atoms with Crippen molar-refractivity contribution < 1.29 is 14.4 Å². The summed E-state index contributed by atoms with van der Waals surface area (Å²) in [4.78, 5) is 39.2. The molecule has 136 valence electrons. The largest absolute Gasteiger partial charge is 0.325 e. The second-order valence-electron chi connectivity index (χ2n) is 6.71. The smallest absolute Gasteiger partial charge is 0.324 e. The Balaban J connectivity index is 1.74. The third-order valence-electron chi connectivity index (χ3n) is 4.45. The first kappa shape index (κ1) is 18.1. The number of hydrogen-bond donors (Lipinski definition) is 2. The van der Waals surface area contributed by atoms with Crippen LogP contribution in [0.4, 0.5) is 10.5 Å². The van der Waals surface area contributed by atoms with Gasteiger partial charge in [0.25, 0.3) is 5.91 Å². The maximum atomic E-state index is 12.8. The van der Waals surface area contributed by atoms with Crippen LogP contribution in [0.3, 0.4) is 0 Å². The van der Waals surface area contributed by atoms with Gasteiger partial charge in [-0.25, -0.2) is 4.79 Å². The highest BCUT2D eigenvalue weighted by Crippen LogP contribution is 2.32. The van der Waals surface area contributed by atoms with Gasteiger partial charge in [0.15, 0.2) is 5.54 Å². The zero-order chi connectivity index (χ0) is 18.9. The molecule has 1 atom stereocenters. The van der Waals surface area contributed by atoms with E-state index >= 15 is 0 Å². The number of hydrogen-bond acceptors (Lipinski definition) is 4. The van der Waals surface area contributed by atoms with Gasteiger partial charge in [-0.05, 0) is 35.9 Å². The molecule has 0 radical (unpaired) electrons. The Kier molecular flexibility index (Phi) is 4.82. The molecule has 26 heavy (non-hydrogen) atoms. The average Bonchev–Trinajstić information content (AvgIpc) is 3.20. The lowest BCUT2D eigenvalue weighted by molar-refractivity contribution is -0.133. The van der Waals surface area contributed by atoms with E-state index in [1.165, 1.54) is 11.3 Å². The van der Waals surface area contributed by atoms with Crippen LogP contribution in [-0.4, -0.2) is 29.3 Å². The first-order chi connectivity index (χ1) is 12.3. The molecule has 6 nitrogen and oxygen atoms in total. The lowest BCUT2D eigenvalue weighted by atomic mass is 10.0. The number of carbonyl (C=O) groups excluding carboxylic acids is 3. The predicted molar refractivity (Wildman–Crippen MR) is 101 cm³/mol. The Labute approximate surface area is 156 Å². The van der Waals surface area contributed by atoms with Crippen LogP contribution in [0.2, 0.25) is 0 Å². The molecule has 1 aromatic carbocycles. The molecule has 0 saturated carbocycles. The third kappa shape index (κ3) is 3.22. The van der Waals surface area contributed by atoms with E-state index in [4.69, 9.17) is 0 Å². The van der Waals surface area contributed by atoms with E-state index in [1.807, 2.05) is 49.6 Å². The van der Waals surface area contributed by atoms with E-state index in [0.29, 0.717) is 5.69 Å². The van der Waals surface area contributed by atoms with Gasteiger partial charge in [0.1, 0.15) is 6.54 Å². The Hall–Kier alpha value is -2.67. The number of benzene rings is 1. The van der Waals surface area contributed by atoms with E-state index < -0.39 is 23.4 Å². The van der Waals surface area contributed by atoms with Crippen molar-refractivity contribution in [1.82, 2.24) is 10.2 Å². The summed E-state index contributed by atoms with van der Waals surface area (Å²) in [5.74, 6) is -0.584. The molecular weight excluding hydrogens is 350 g/mol. The standard InChI is InChI=1S/C19H21N3O3S/c1-12(2)13-7-4-5-8-14(13)20-16(23)11-22-17(24)19(3,21-18(22)25)15-9-6-10-26-15/h4-10,12H,11H2,1-3H3,(H,20,23)(H,21,25). The quantitative estimate of drug-likeness (QED) is 0.792. The van der Waals surface area contributed by atoms with Crippen LogP contribution < -0.4 is 10.6 Å². The van der Waals surface area contributed by atoms with Crippen molar-refractivity contribution in [2.24, 2.45) is 0 Å². The van der Waals surface area contributed by atoms with Crippen molar-refractivity contribution >= 4 is 34.9 Å². The number of urea groups is 1. The monoisotopic (exact) mass is 371 g/mol. The van der Waals surface area contributed by atoms with Crippen LogP contribution in [-0.2, 0) is 15.1 Å². The minimum Gasteiger partial charge on any atom is -0.324 e. The van der Waals surface area contributed by atoms with Gasteiger partial charge in [-0.3, -0.25) is 14.5 Å². The molecule has 0 spiro atoms. The Bertz CT molecular complexity index is 847. The molecule has 4 amide bonds. The highest BCUT2D eigenvalue weighted by Gasteiger charge is 2.50. The van der Waals surface area contributed by atoms with Gasteiger partial charge < -0.3 is 10.6 Å². The van der Waals surface area contributed by atoms with Crippen molar-refractivity contribution in [3.05, 3.63) is 52.2 Å². The van der Waals surface area contributed by atoms with Gasteiger partial charge >= 0.3 is 6.03 Å². The topological polar surface area (TPSA) is 78.5 Å². The molecule has 2 heterocycles. The van der Waals surface area contributed by atoms with E-state index in [1.54, 1.807) is 13.0 Å². The second-order valence-corrected chi connectivity index (χ2v) is 7.66. The van der Waals surface area contributed by atoms with Crippen LogP contribution >= 0.6 is 11.3 Å². The van der Waals surface area contributed by atoms with Gasteiger partial charge in [0.05, 0.1) is 0 Å². The fraction of sp³-hybridized carbons (Fsp3) is 0.316. The van der Waals surface area contributed by atoms with Crippen molar-refractivity contribution in [3.63, 3.8) is 0 Å². The summed E-state index contributed by atoms with van der Waals surface area (Å²) in [6, 6.07) is 10.6. The van der Waals surface area contributed by atoms with E-state index in [-0.39, 0.29) is 12.5 Å². The highest BCUT2D eigenvalue weighted by atomic mass is 32.1. The van der Waals surface area contributed by atoms with Crippen LogP contribution in [0.15, 0.2) is 41.8 Å². The fourth-order valence-electron chi connectivity index (χ4n) is 3.02. The van der Waals surface area contributed by atoms with Crippen molar-refractivity contribution in [1.29, 1.82) is 0 Å². The maximum absolute atomic E-state index is 12.8. The molecule has 1 unspecified atom stereocenters. The number of nitrogens with one attached hydrogen (secondary N) is 2. The Morgan fingerprint density at radius 2 is 1.96 bits per heavy atom. The van der Waals surface area contributed by atoms with Crippen molar-refractivity contribution in [3.8, 4) is 0 Å². The molecule has 7 heteroatoms. The fourth-order valence-corrected chi connectivity index (χ4v) is 3.85. The van der Waals surface area contributed by atoms with Crippen LogP contribution in [0.1, 0.15) is 37.1 Å². The summed E-state index contributed by atoms with van der Waals surface area (Å²) in [5.41, 5.74) is 0.573. The normalized spacial score (nSPS) is 19.8. The molecule has 1 saturated heterocycles. The molecule has 2 N–H and O–H groups in total. The SMILES string of the molecule is CC(C)c1ccccc1NC(=O)CN1C(=O)NC(C)(c2cccs2)C1=O. The molecule has 2 aromatic rings. The number of carbonyl (C=O) groups is 3. The molecule has 1 aliphatic rings. The van der Waals surface area contributed by atoms with Crippen LogP contribution in [0.5, 0.6) is 0 Å². The second kappa shape index (κ2) is 6.92. The van der Waals surface area contributed by atoms with Crippen molar-refractivity contribution in [2.75, 3.05) is 11.9 Å². The van der Waals surface area contributed by atoms with Crippen LogP contribution in [0.25, 0.3) is 0 Å². The van der Waals surface area contributed by atoms with Gasteiger partial charge in [-0.2, -0.15) is 0 Å². The lowest BCUT2D eigenvalue weighted by Gasteiger charge is -2.20. The first-order valence-corrected chi connectivity index (χ1v) is 9.27. The third-order valence-corrected chi connectivity index (χ3v) is 5.54. The number of imide groups is 1. The van der Waals surface area contributed by atoms with Crippen LogP contribution in [0, 0.1) is 0 Å². The highest BCUT2D eigenvalue weighted by molar-refractivity contribution is 7.10. The molecule has 1 fully saturated rings. The molecule has 0 aliphatic carbocycles. The molecule has 0 bridgehead atoms. The number of para-hydroxylation sites is 1. The number of amides is 4. The van der Waals surface area contributed by atoms with E-state index in [2.05, 4.69) is 10.6 Å². The van der Waals surface area contributed by atoms with Gasteiger partial charge in [-0.1, -0.05) is 38.1 Å². The van der Waals surface area contributed by atoms with E-state index in [0.717, 1.165) is 15.3 Å². The minimum atomic E-state index is -1.12. The number of thiophene rings is 1. The Morgan fingerprint density at radius 1 is 1.23 bits per heavy atom. The minimum absolute atomic E-state index is 0.241.